The monoisotopic (exact) mass is 462 g/mol. The average molecular weight is 463 g/mol. The minimum absolute atomic E-state index is 0.0266. The third kappa shape index (κ3) is 5.96. The van der Waals surface area contributed by atoms with Gasteiger partial charge in [-0.2, -0.15) is 13.2 Å². The number of nitrogens with zero attached hydrogens (tertiary/aromatic N) is 2. The molecule has 1 heterocycles. The second-order valence-corrected chi connectivity index (χ2v) is 8.46. The van der Waals surface area contributed by atoms with E-state index in [9.17, 15) is 18.0 Å². The number of amides is 1. The van der Waals surface area contributed by atoms with Crippen molar-refractivity contribution >= 4 is 46.6 Å². The number of benzene rings is 2. The number of alkyl halides is 3. The molecule has 0 spiro atoms. The maximum absolute atomic E-state index is 12.9. The summed E-state index contributed by atoms with van der Waals surface area (Å²) in [7, 11) is 0. The minimum atomic E-state index is -4.36. The summed E-state index contributed by atoms with van der Waals surface area (Å²) in [4.78, 5) is 16.1. The van der Waals surface area contributed by atoms with Gasteiger partial charge < -0.3 is 9.80 Å². The highest BCUT2D eigenvalue weighted by molar-refractivity contribution is 7.99. The number of rotatable bonds is 5. The SMILES string of the molecule is O=C(CSCc1ccc(Cl)c(Cl)c1)N1CCN(c2cccc(C(F)(F)F)c2)CC1. The molecule has 156 valence electrons. The van der Waals surface area contributed by atoms with Crippen molar-refractivity contribution < 1.29 is 18.0 Å². The van der Waals surface area contributed by atoms with Crippen molar-refractivity contribution in [3.63, 3.8) is 0 Å². The first-order valence-corrected chi connectivity index (χ1v) is 10.9. The van der Waals surface area contributed by atoms with Crippen molar-refractivity contribution in [3.8, 4) is 0 Å². The van der Waals surface area contributed by atoms with Gasteiger partial charge in [0, 0.05) is 37.6 Å². The summed E-state index contributed by atoms with van der Waals surface area (Å²) >= 11 is 13.4. The van der Waals surface area contributed by atoms with Crippen LogP contribution in [-0.4, -0.2) is 42.7 Å². The molecular formula is C20H19Cl2F3N2OS. The number of carbonyl (C=O) groups is 1. The van der Waals surface area contributed by atoms with Gasteiger partial charge in [-0.3, -0.25) is 4.79 Å². The van der Waals surface area contributed by atoms with Gasteiger partial charge in [0.25, 0.3) is 0 Å². The van der Waals surface area contributed by atoms with Crippen molar-refractivity contribution in [2.24, 2.45) is 0 Å². The van der Waals surface area contributed by atoms with Gasteiger partial charge in [-0.1, -0.05) is 35.3 Å². The minimum Gasteiger partial charge on any atom is -0.368 e. The second kappa shape index (κ2) is 9.49. The van der Waals surface area contributed by atoms with E-state index in [0.717, 1.165) is 17.7 Å². The standard InChI is InChI=1S/C20H19Cl2F3N2OS/c21-17-5-4-14(10-18(17)22)12-29-13-19(28)27-8-6-26(7-9-27)16-3-1-2-15(11-16)20(23,24)25/h1-5,10-11H,6-9,12-13H2. The lowest BCUT2D eigenvalue weighted by Crippen LogP contribution is -2.49. The highest BCUT2D eigenvalue weighted by atomic mass is 35.5. The lowest BCUT2D eigenvalue weighted by Gasteiger charge is -2.36. The molecule has 1 aliphatic rings. The van der Waals surface area contributed by atoms with E-state index in [0.29, 0.717) is 53.4 Å². The molecule has 0 aromatic heterocycles. The molecule has 0 aliphatic carbocycles. The first-order valence-electron chi connectivity index (χ1n) is 8.96. The molecule has 1 fully saturated rings. The average Bonchev–Trinajstić information content (AvgIpc) is 2.70. The molecule has 29 heavy (non-hydrogen) atoms. The highest BCUT2D eigenvalue weighted by Crippen LogP contribution is 2.32. The lowest BCUT2D eigenvalue weighted by molar-refractivity contribution is -0.137. The molecule has 0 unspecified atom stereocenters. The van der Waals surface area contributed by atoms with Crippen LogP contribution >= 0.6 is 35.0 Å². The lowest BCUT2D eigenvalue weighted by atomic mass is 10.1. The number of hydrogen-bond acceptors (Lipinski definition) is 3. The Morgan fingerprint density at radius 3 is 2.38 bits per heavy atom. The number of carbonyl (C=O) groups excluding carboxylic acids is 1. The Kier molecular flexibility index (Phi) is 7.24. The molecule has 9 heteroatoms. The predicted octanol–water partition coefficient (Wildman–Crippen LogP) is 5.59. The predicted molar refractivity (Wildman–Crippen MR) is 113 cm³/mol. The van der Waals surface area contributed by atoms with Gasteiger partial charge in [-0.25, -0.2) is 0 Å². The molecule has 0 radical (unpaired) electrons. The van der Waals surface area contributed by atoms with Crippen LogP contribution < -0.4 is 4.90 Å². The van der Waals surface area contributed by atoms with Crippen molar-refractivity contribution in [1.29, 1.82) is 0 Å². The van der Waals surface area contributed by atoms with Gasteiger partial charge in [0.15, 0.2) is 0 Å². The Balaban J connectivity index is 1.47. The van der Waals surface area contributed by atoms with E-state index in [1.807, 2.05) is 11.0 Å². The number of anilines is 1. The van der Waals surface area contributed by atoms with Crippen LogP contribution in [0.1, 0.15) is 11.1 Å². The number of piperazine rings is 1. The van der Waals surface area contributed by atoms with Crippen LogP contribution in [0, 0.1) is 0 Å². The Bertz CT molecular complexity index is 871. The third-order valence-electron chi connectivity index (χ3n) is 4.65. The van der Waals surface area contributed by atoms with Gasteiger partial charge >= 0.3 is 6.18 Å². The molecule has 3 nitrogen and oxygen atoms in total. The fraction of sp³-hybridized carbons (Fsp3) is 0.350. The summed E-state index contributed by atoms with van der Waals surface area (Å²) in [6, 6.07) is 10.7. The summed E-state index contributed by atoms with van der Waals surface area (Å²) in [6.45, 7) is 1.99. The van der Waals surface area contributed by atoms with Crippen LogP contribution in [0.15, 0.2) is 42.5 Å². The fourth-order valence-electron chi connectivity index (χ4n) is 3.07. The Labute approximate surface area is 181 Å². The first kappa shape index (κ1) is 22.1. The van der Waals surface area contributed by atoms with Crippen LogP contribution in [0.25, 0.3) is 0 Å². The van der Waals surface area contributed by atoms with Crippen LogP contribution in [0.2, 0.25) is 10.0 Å². The zero-order valence-electron chi connectivity index (χ0n) is 15.4. The molecule has 1 amide bonds. The molecule has 0 N–H and O–H groups in total. The summed E-state index contributed by atoms with van der Waals surface area (Å²) in [5.74, 6) is 1.01. The Morgan fingerprint density at radius 2 is 1.72 bits per heavy atom. The molecule has 2 aromatic carbocycles. The van der Waals surface area contributed by atoms with Crippen molar-refractivity contribution in [3.05, 3.63) is 63.6 Å². The normalized spacial score (nSPS) is 14.9. The fourth-order valence-corrected chi connectivity index (χ4v) is 4.27. The third-order valence-corrected chi connectivity index (χ3v) is 6.38. The molecular weight excluding hydrogens is 444 g/mol. The molecule has 1 aliphatic heterocycles. The van der Waals surface area contributed by atoms with E-state index in [1.165, 1.54) is 17.8 Å². The Hall–Kier alpha value is -1.57. The zero-order valence-corrected chi connectivity index (χ0v) is 17.7. The number of thioether (sulfide) groups is 1. The van der Waals surface area contributed by atoms with Crippen molar-refractivity contribution in [2.45, 2.75) is 11.9 Å². The summed E-state index contributed by atoms with van der Waals surface area (Å²) in [6.07, 6.45) is -4.36. The van der Waals surface area contributed by atoms with Gasteiger partial charge in [0.1, 0.15) is 0 Å². The van der Waals surface area contributed by atoms with Gasteiger partial charge in [0.05, 0.1) is 21.4 Å². The van der Waals surface area contributed by atoms with E-state index < -0.39 is 11.7 Å². The molecule has 2 aromatic rings. The maximum atomic E-state index is 12.9. The maximum Gasteiger partial charge on any atom is 0.416 e. The van der Waals surface area contributed by atoms with Crippen molar-refractivity contribution in [1.82, 2.24) is 4.90 Å². The van der Waals surface area contributed by atoms with Crippen molar-refractivity contribution in [2.75, 3.05) is 36.8 Å². The van der Waals surface area contributed by atoms with Gasteiger partial charge in [0.2, 0.25) is 5.91 Å². The van der Waals surface area contributed by atoms with E-state index in [1.54, 1.807) is 23.1 Å². The first-order chi connectivity index (χ1) is 13.7. The summed E-state index contributed by atoms with van der Waals surface area (Å²) in [5, 5.41) is 0.983. The number of hydrogen-bond donors (Lipinski definition) is 0. The van der Waals surface area contributed by atoms with E-state index >= 15 is 0 Å². The smallest absolute Gasteiger partial charge is 0.368 e. The molecule has 3 rings (SSSR count). The van der Waals surface area contributed by atoms with Crippen LogP contribution in [-0.2, 0) is 16.7 Å². The molecule has 0 saturated carbocycles. The summed E-state index contributed by atoms with van der Waals surface area (Å²) in [5.41, 5.74) is 0.861. The van der Waals surface area contributed by atoms with Gasteiger partial charge in [-0.05, 0) is 35.9 Å². The van der Waals surface area contributed by atoms with Crippen LogP contribution in [0.5, 0.6) is 0 Å². The molecule has 0 bridgehead atoms. The highest BCUT2D eigenvalue weighted by Gasteiger charge is 2.31. The van der Waals surface area contributed by atoms with Crippen LogP contribution in [0.4, 0.5) is 18.9 Å². The van der Waals surface area contributed by atoms with E-state index in [4.69, 9.17) is 23.2 Å². The second-order valence-electron chi connectivity index (χ2n) is 6.66. The quantitative estimate of drug-likeness (QED) is 0.578. The molecule has 0 atom stereocenters. The van der Waals surface area contributed by atoms with E-state index in [-0.39, 0.29) is 5.91 Å². The Morgan fingerprint density at radius 1 is 1.00 bits per heavy atom. The van der Waals surface area contributed by atoms with Crippen LogP contribution in [0.3, 0.4) is 0 Å². The summed E-state index contributed by atoms with van der Waals surface area (Å²) < 4.78 is 38.7. The zero-order chi connectivity index (χ0) is 21.0. The number of halogens is 5. The van der Waals surface area contributed by atoms with Gasteiger partial charge in [-0.15, -0.1) is 11.8 Å². The largest absolute Gasteiger partial charge is 0.416 e. The topological polar surface area (TPSA) is 23.6 Å². The van der Waals surface area contributed by atoms with E-state index in [2.05, 4.69) is 0 Å². The molecule has 1 saturated heterocycles.